The third kappa shape index (κ3) is 2.76. The SMILES string of the molecule is Cn1c(C(=O)NCc2cccc3ncnn23)cnc1-c1ccccc1. The van der Waals surface area contributed by atoms with E-state index in [1.54, 1.807) is 15.3 Å². The summed E-state index contributed by atoms with van der Waals surface area (Å²) in [7, 11) is 1.84. The fourth-order valence-corrected chi connectivity index (χ4v) is 2.77. The van der Waals surface area contributed by atoms with Crippen LogP contribution in [0.2, 0.25) is 0 Å². The number of hydrogen-bond donors (Lipinski definition) is 1. The molecule has 0 aliphatic rings. The molecule has 7 nitrogen and oxygen atoms in total. The second-order valence-electron chi connectivity index (χ2n) is 5.62. The number of hydrogen-bond acceptors (Lipinski definition) is 4. The largest absolute Gasteiger partial charge is 0.345 e. The quantitative estimate of drug-likeness (QED) is 0.620. The fourth-order valence-electron chi connectivity index (χ4n) is 2.77. The third-order valence-corrected chi connectivity index (χ3v) is 4.06. The van der Waals surface area contributed by atoms with Gasteiger partial charge in [-0.1, -0.05) is 36.4 Å². The van der Waals surface area contributed by atoms with Crippen molar-refractivity contribution in [3.05, 3.63) is 72.4 Å². The van der Waals surface area contributed by atoms with E-state index in [0.29, 0.717) is 12.2 Å². The van der Waals surface area contributed by atoms with Crippen LogP contribution in [0, 0.1) is 0 Å². The summed E-state index contributed by atoms with van der Waals surface area (Å²) < 4.78 is 3.50. The van der Waals surface area contributed by atoms with E-state index < -0.39 is 0 Å². The second-order valence-corrected chi connectivity index (χ2v) is 5.62. The molecule has 25 heavy (non-hydrogen) atoms. The molecular weight excluding hydrogens is 316 g/mol. The molecule has 0 saturated carbocycles. The normalized spacial score (nSPS) is 10.9. The number of benzene rings is 1. The molecule has 0 unspecified atom stereocenters. The molecule has 0 bridgehead atoms. The number of amides is 1. The molecule has 0 aliphatic carbocycles. The zero-order valence-electron chi connectivity index (χ0n) is 13.6. The number of aromatic nitrogens is 5. The Balaban J connectivity index is 1.54. The lowest BCUT2D eigenvalue weighted by atomic mass is 10.2. The lowest BCUT2D eigenvalue weighted by Crippen LogP contribution is -2.26. The average Bonchev–Trinajstić information content (AvgIpc) is 3.27. The minimum Gasteiger partial charge on any atom is -0.345 e. The summed E-state index contributed by atoms with van der Waals surface area (Å²) in [6.45, 7) is 0.353. The van der Waals surface area contributed by atoms with Crippen LogP contribution in [-0.2, 0) is 13.6 Å². The minimum atomic E-state index is -0.186. The van der Waals surface area contributed by atoms with Gasteiger partial charge in [-0.05, 0) is 12.1 Å². The Morgan fingerprint density at radius 3 is 2.76 bits per heavy atom. The Labute approximate surface area is 144 Å². The average molecular weight is 332 g/mol. The van der Waals surface area contributed by atoms with E-state index in [0.717, 1.165) is 22.7 Å². The summed E-state index contributed by atoms with van der Waals surface area (Å²) >= 11 is 0. The number of rotatable bonds is 4. The number of pyridine rings is 1. The van der Waals surface area contributed by atoms with Crippen molar-refractivity contribution in [2.24, 2.45) is 7.05 Å². The summed E-state index contributed by atoms with van der Waals surface area (Å²) in [5.74, 6) is 0.568. The van der Waals surface area contributed by atoms with Gasteiger partial charge in [0.05, 0.1) is 18.4 Å². The second kappa shape index (κ2) is 6.20. The topological polar surface area (TPSA) is 77.1 Å². The highest BCUT2D eigenvalue weighted by Gasteiger charge is 2.15. The van der Waals surface area contributed by atoms with Gasteiger partial charge in [0, 0.05) is 12.6 Å². The molecule has 7 heteroatoms. The van der Waals surface area contributed by atoms with E-state index >= 15 is 0 Å². The zero-order valence-corrected chi connectivity index (χ0v) is 13.6. The molecule has 4 rings (SSSR count). The van der Waals surface area contributed by atoms with Gasteiger partial charge < -0.3 is 9.88 Å². The highest BCUT2D eigenvalue weighted by Crippen LogP contribution is 2.18. The van der Waals surface area contributed by atoms with Gasteiger partial charge in [-0.3, -0.25) is 4.79 Å². The summed E-state index contributed by atoms with van der Waals surface area (Å²) in [4.78, 5) is 21.1. The first-order valence-electron chi connectivity index (χ1n) is 7.87. The van der Waals surface area contributed by atoms with Gasteiger partial charge in [0.25, 0.3) is 5.91 Å². The number of imidazole rings is 1. The first-order chi connectivity index (χ1) is 12.2. The minimum absolute atomic E-state index is 0.186. The van der Waals surface area contributed by atoms with E-state index in [1.807, 2.05) is 55.6 Å². The lowest BCUT2D eigenvalue weighted by molar-refractivity contribution is 0.0942. The van der Waals surface area contributed by atoms with Crippen LogP contribution >= 0.6 is 0 Å². The van der Waals surface area contributed by atoms with E-state index in [9.17, 15) is 4.79 Å². The van der Waals surface area contributed by atoms with Gasteiger partial charge in [-0.15, -0.1) is 0 Å². The van der Waals surface area contributed by atoms with Gasteiger partial charge in [-0.2, -0.15) is 5.10 Å². The number of carbonyl (C=O) groups excluding carboxylic acids is 1. The van der Waals surface area contributed by atoms with E-state index in [1.165, 1.54) is 6.33 Å². The Morgan fingerprint density at radius 1 is 1.08 bits per heavy atom. The van der Waals surface area contributed by atoms with Crippen LogP contribution in [0.5, 0.6) is 0 Å². The molecule has 124 valence electrons. The van der Waals surface area contributed by atoms with E-state index in [4.69, 9.17) is 0 Å². The van der Waals surface area contributed by atoms with Crippen molar-refractivity contribution < 1.29 is 4.79 Å². The first-order valence-corrected chi connectivity index (χ1v) is 7.87. The Kier molecular flexibility index (Phi) is 3.74. The van der Waals surface area contributed by atoms with Crippen molar-refractivity contribution in [1.82, 2.24) is 29.5 Å². The van der Waals surface area contributed by atoms with E-state index in [2.05, 4.69) is 20.4 Å². The summed E-state index contributed by atoms with van der Waals surface area (Å²) in [5, 5.41) is 7.08. The van der Waals surface area contributed by atoms with Crippen molar-refractivity contribution in [3.8, 4) is 11.4 Å². The van der Waals surface area contributed by atoms with Gasteiger partial charge >= 0.3 is 0 Å². The Hall–Kier alpha value is -3.48. The molecule has 0 atom stereocenters. The number of carbonyl (C=O) groups is 1. The summed E-state index contributed by atoms with van der Waals surface area (Å²) in [6, 6.07) is 15.4. The Bertz CT molecular complexity index is 1030. The van der Waals surface area contributed by atoms with Crippen LogP contribution < -0.4 is 5.32 Å². The monoisotopic (exact) mass is 332 g/mol. The van der Waals surface area contributed by atoms with Crippen LogP contribution in [0.1, 0.15) is 16.2 Å². The molecule has 1 amide bonds. The smallest absolute Gasteiger partial charge is 0.269 e. The van der Waals surface area contributed by atoms with Crippen LogP contribution in [0.25, 0.3) is 17.0 Å². The number of nitrogens with one attached hydrogen (secondary N) is 1. The molecule has 0 fully saturated rings. The lowest BCUT2D eigenvalue weighted by Gasteiger charge is -2.08. The molecule has 0 radical (unpaired) electrons. The van der Waals surface area contributed by atoms with Crippen LogP contribution in [0.15, 0.2) is 61.1 Å². The molecule has 0 saturated heterocycles. The number of nitrogens with zero attached hydrogens (tertiary/aromatic N) is 5. The molecule has 4 aromatic rings. The number of fused-ring (bicyclic) bond motifs is 1. The maximum atomic E-state index is 12.5. The zero-order chi connectivity index (χ0) is 17.2. The van der Waals surface area contributed by atoms with Crippen molar-refractivity contribution in [2.45, 2.75) is 6.54 Å². The Morgan fingerprint density at radius 2 is 1.92 bits per heavy atom. The van der Waals surface area contributed by atoms with Gasteiger partial charge in [0.1, 0.15) is 17.8 Å². The molecule has 0 aliphatic heterocycles. The third-order valence-electron chi connectivity index (χ3n) is 4.06. The standard InChI is InChI=1S/C18H16N6O/c1-23-15(11-19-17(23)13-6-3-2-4-7-13)18(25)20-10-14-8-5-9-16-21-12-22-24(14)16/h2-9,11-12H,10H2,1H3,(H,20,25). The highest BCUT2D eigenvalue weighted by molar-refractivity contribution is 5.93. The summed E-state index contributed by atoms with van der Waals surface area (Å²) in [5.41, 5.74) is 3.08. The molecule has 0 spiro atoms. The van der Waals surface area contributed by atoms with Crippen LogP contribution in [0.3, 0.4) is 0 Å². The molecule has 1 N–H and O–H groups in total. The van der Waals surface area contributed by atoms with Crippen molar-refractivity contribution >= 4 is 11.6 Å². The maximum absolute atomic E-state index is 12.5. The molecule has 3 heterocycles. The van der Waals surface area contributed by atoms with Crippen molar-refractivity contribution in [2.75, 3.05) is 0 Å². The maximum Gasteiger partial charge on any atom is 0.269 e. The first kappa shape index (κ1) is 15.1. The predicted octanol–water partition coefficient (Wildman–Crippen LogP) is 2.06. The van der Waals surface area contributed by atoms with Crippen LogP contribution in [0.4, 0.5) is 0 Å². The predicted molar refractivity (Wildman–Crippen MR) is 92.8 cm³/mol. The molecular formula is C18H16N6O. The van der Waals surface area contributed by atoms with Gasteiger partial charge in [0.2, 0.25) is 0 Å². The van der Waals surface area contributed by atoms with Crippen molar-refractivity contribution in [3.63, 3.8) is 0 Å². The highest BCUT2D eigenvalue weighted by atomic mass is 16.1. The van der Waals surface area contributed by atoms with Gasteiger partial charge in [0.15, 0.2) is 5.65 Å². The van der Waals surface area contributed by atoms with Gasteiger partial charge in [-0.25, -0.2) is 14.5 Å². The molecule has 1 aromatic carbocycles. The fraction of sp³-hybridized carbons (Fsp3) is 0.111. The van der Waals surface area contributed by atoms with Crippen molar-refractivity contribution in [1.29, 1.82) is 0 Å². The summed E-state index contributed by atoms with van der Waals surface area (Å²) in [6.07, 6.45) is 3.08. The van der Waals surface area contributed by atoms with E-state index in [-0.39, 0.29) is 5.91 Å². The molecule has 3 aromatic heterocycles. The van der Waals surface area contributed by atoms with Crippen LogP contribution in [-0.4, -0.2) is 30.1 Å².